The van der Waals surface area contributed by atoms with Crippen LogP contribution in [0.15, 0.2) is 22.7 Å². The van der Waals surface area contributed by atoms with Gasteiger partial charge in [0, 0.05) is 29.4 Å². The Morgan fingerprint density at radius 2 is 2.00 bits per heavy atom. The minimum atomic E-state index is -0.236. The lowest BCUT2D eigenvalue weighted by atomic mass is 9.95. The summed E-state index contributed by atoms with van der Waals surface area (Å²) in [6.07, 6.45) is 1.17. The molecule has 1 aromatic carbocycles. The molecule has 1 N–H and O–H groups in total. The Balaban J connectivity index is 1.52. The molecule has 30 heavy (non-hydrogen) atoms. The third-order valence-electron chi connectivity index (χ3n) is 5.08. The third kappa shape index (κ3) is 5.11. The highest BCUT2D eigenvalue weighted by molar-refractivity contribution is 6.31. The zero-order chi connectivity index (χ0) is 21.9. The number of nitrogens with one attached hydrogen (secondary N) is 1. The van der Waals surface area contributed by atoms with Gasteiger partial charge in [0.15, 0.2) is 5.82 Å². The van der Waals surface area contributed by atoms with Crippen LogP contribution in [0.1, 0.15) is 55.7 Å². The van der Waals surface area contributed by atoms with Crippen molar-refractivity contribution >= 4 is 23.4 Å². The molecule has 1 aliphatic heterocycles. The minimum Gasteiger partial charge on any atom is -0.496 e. The van der Waals surface area contributed by atoms with Gasteiger partial charge in [-0.1, -0.05) is 37.5 Å². The quantitative estimate of drug-likeness (QED) is 0.776. The number of aromatic nitrogens is 2. The summed E-state index contributed by atoms with van der Waals surface area (Å²) in [6, 6.07) is 4.97. The molecule has 1 fully saturated rings. The van der Waals surface area contributed by atoms with Gasteiger partial charge < -0.3 is 19.5 Å². The minimum absolute atomic E-state index is 0.0652. The van der Waals surface area contributed by atoms with Gasteiger partial charge >= 0.3 is 0 Å². The number of carbonyl (C=O) groups excluding carboxylic acids is 2. The first-order valence-electron chi connectivity index (χ1n) is 9.92. The van der Waals surface area contributed by atoms with Crippen molar-refractivity contribution in [2.45, 2.75) is 45.6 Å². The van der Waals surface area contributed by atoms with Crippen LogP contribution in [0.5, 0.6) is 5.75 Å². The monoisotopic (exact) mass is 434 g/mol. The summed E-state index contributed by atoms with van der Waals surface area (Å²) in [6.45, 7) is 7.15. The van der Waals surface area contributed by atoms with Crippen molar-refractivity contribution in [2.75, 3.05) is 20.2 Å². The first kappa shape index (κ1) is 22.1. The van der Waals surface area contributed by atoms with Crippen molar-refractivity contribution in [3.05, 3.63) is 40.5 Å². The Morgan fingerprint density at radius 3 is 2.60 bits per heavy atom. The second-order valence-electron chi connectivity index (χ2n) is 8.39. The summed E-state index contributed by atoms with van der Waals surface area (Å²) < 4.78 is 10.5. The van der Waals surface area contributed by atoms with Crippen LogP contribution in [-0.2, 0) is 16.8 Å². The van der Waals surface area contributed by atoms with Crippen LogP contribution in [0, 0.1) is 5.92 Å². The van der Waals surface area contributed by atoms with Crippen LogP contribution in [0.4, 0.5) is 0 Å². The number of halogens is 1. The SMILES string of the molecule is COc1ccc(Cl)cc1C(=O)N1CCC(C(=O)NCc2noc(C(C)(C)C)n2)CC1. The smallest absolute Gasteiger partial charge is 0.257 e. The van der Waals surface area contributed by atoms with E-state index in [0.717, 1.165) is 0 Å². The number of nitrogens with zero attached hydrogens (tertiary/aromatic N) is 3. The molecule has 0 atom stereocenters. The van der Waals surface area contributed by atoms with Gasteiger partial charge in [0.05, 0.1) is 19.2 Å². The fourth-order valence-corrected chi connectivity index (χ4v) is 3.48. The van der Waals surface area contributed by atoms with E-state index in [1.54, 1.807) is 23.1 Å². The number of rotatable bonds is 5. The van der Waals surface area contributed by atoms with E-state index in [4.69, 9.17) is 20.9 Å². The number of benzene rings is 1. The molecule has 3 rings (SSSR count). The number of ether oxygens (including phenoxy) is 1. The molecule has 0 aliphatic carbocycles. The van der Waals surface area contributed by atoms with Crippen molar-refractivity contribution in [1.29, 1.82) is 0 Å². The lowest BCUT2D eigenvalue weighted by Crippen LogP contribution is -2.43. The molecule has 1 aromatic heterocycles. The Kier molecular flexibility index (Phi) is 6.65. The van der Waals surface area contributed by atoms with Gasteiger partial charge in [-0.15, -0.1) is 0 Å². The summed E-state index contributed by atoms with van der Waals surface area (Å²) in [5, 5.41) is 7.26. The Morgan fingerprint density at radius 1 is 1.30 bits per heavy atom. The molecule has 2 aromatic rings. The number of amides is 2. The summed E-state index contributed by atoms with van der Waals surface area (Å²) in [4.78, 5) is 31.4. The molecule has 1 saturated heterocycles. The number of hydrogen-bond acceptors (Lipinski definition) is 6. The zero-order valence-electron chi connectivity index (χ0n) is 17.7. The number of carbonyl (C=O) groups is 2. The lowest BCUT2D eigenvalue weighted by molar-refractivity contribution is -0.126. The first-order valence-corrected chi connectivity index (χ1v) is 10.3. The number of piperidine rings is 1. The molecule has 2 amide bonds. The first-order chi connectivity index (χ1) is 14.2. The summed E-state index contributed by atoms with van der Waals surface area (Å²) in [5.74, 6) is 1.10. The Hall–Kier alpha value is -2.61. The van der Waals surface area contributed by atoms with Crippen LogP contribution >= 0.6 is 11.6 Å². The second-order valence-corrected chi connectivity index (χ2v) is 8.83. The normalized spacial score (nSPS) is 15.2. The largest absolute Gasteiger partial charge is 0.496 e. The number of hydrogen-bond donors (Lipinski definition) is 1. The van der Waals surface area contributed by atoms with Crippen LogP contribution in [0.2, 0.25) is 5.02 Å². The molecule has 0 saturated carbocycles. The van der Waals surface area contributed by atoms with Crippen LogP contribution in [0.3, 0.4) is 0 Å². The van der Waals surface area contributed by atoms with Gasteiger partial charge in [0.2, 0.25) is 11.8 Å². The van der Waals surface area contributed by atoms with Gasteiger partial charge in [-0.25, -0.2) is 0 Å². The maximum absolute atomic E-state index is 12.9. The van der Waals surface area contributed by atoms with E-state index in [-0.39, 0.29) is 29.7 Å². The standard InChI is InChI=1S/C21H27ClN4O4/c1-21(2,3)20-24-17(25-30-20)12-23-18(27)13-7-9-26(10-8-13)19(28)15-11-14(22)5-6-16(15)29-4/h5-6,11,13H,7-10,12H2,1-4H3,(H,23,27). The zero-order valence-corrected chi connectivity index (χ0v) is 18.5. The van der Waals surface area contributed by atoms with Crippen molar-refractivity contribution in [1.82, 2.24) is 20.4 Å². The Bertz CT molecular complexity index is 914. The molecular weight excluding hydrogens is 408 g/mol. The Labute approximate surface area is 180 Å². The fourth-order valence-electron chi connectivity index (χ4n) is 3.30. The van der Waals surface area contributed by atoms with Crippen molar-refractivity contribution in [2.24, 2.45) is 5.92 Å². The van der Waals surface area contributed by atoms with Crippen LogP contribution in [-0.4, -0.2) is 47.1 Å². The molecule has 0 spiro atoms. The van der Waals surface area contributed by atoms with Gasteiger partial charge in [-0.3, -0.25) is 9.59 Å². The molecule has 0 unspecified atom stereocenters. The summed E-state index contributed by atoms with van der Waals surface area (Å²) in [7, 11) is 1.52. The fraction of sp³-hybridized carbons (Fsp3) is 0.524. The highest BCUT2D eigenvalue weighted by Crippen LogP contribution is 2.26. The van der Waals surface area contributed by atoms with E-state index >= 15 is 0 Å². The molecule has 0 radical (unpaired) electrons. The van der Waals surface area contributed by atoms with E-state index in [0.29, 0.717) is 54.0 Å². The molecule has 9 heteroatoms. The molecule has 8 nitrogen and oxygen atoms in total. The maximum atomic E-state index is 12.9. The molecule has 0 bridgehead atoms. The van der Waals surface area contributed by atoms with Crippen LogP contribution in [0.25, 0.3) is 0 Å². The highest BCUT2D eigenvalue weighted by atomic mass is 35.5. The van der Waals surface area contributed by atoms with Crippen molar-refractivity contribution < 1.29 is 18.8 Å². The summed E-state index contributed by atoms with van der Waals surface area (Å²) >= 11 is 6.04. The van der Waals surface area contributed by atoms with Crippen molar-refractivity contribution in [3.63, 3.8) is 0 Å². The van der Waals surface area contributed by atoms with Gasteiger partial charge in [-0.05, 0) is 31.0 Å². The predicted molar refractivity (Wildman–Crippen MR) is 111 cm³/mol. The van der Waals surface area contributed by atoms with E-state index in [2.05, 4.69) is 15.5 Å². The second kappa shape index (κ2) is 9.04. The van der Waals surface area contributed by atoms with Gasteiger partial charge in [0.25, 0.3) is 5.91 Å². The predicted octanol–water partition coefficient (Wildman–Crippen LogP) is 3.20. The number of likely N-dealkylation sites (tertiary alicyclic amines) is 1. The molecular formula is C21H27ClN4O4. The average molecular weight is 435 g/mol. The van der Waals surface area contributed by atoms with Crippen LogP contribution < -0.4 is 10.1 Å². The third-order valence-corrected chi connectivity index (χ3v) is 5.31. The average Bonchev–Trinajstić information content (AvgIpc) is 3.21. The molecule has 1 aliphatic rings. The van der Waals surface area contributed by atoms with E-state index < -0.39 is 0 Å². The maximum Gasteiger partial charge on any atom is 0.257 e. The van der Waals surface area contributed by atoms with Gasteiger partial charge in [-0.2, -0.15) is 4.98 Å². The van der Waals surface area contributed by atoms with Gasteiger partial charge in [0.1, 0.15) is 5.75 Å². The number of methoxy groups -OCH3 is 1. The van der Waals surface area contributed by atoms with E-state index in [9.17, 15) is 9.59 Å². The molecule has 162 valence electrons. The topological polar surface area (TPSA) is 97.6 Å². The molecule has 2 heterocycles. The highest BCUT2D eigenvalue weighted by Gasteiger charge is 2.29. The lowest BCUT2D eigenvalue weighted by Gasteiger charge is -2.31. The summed E-state index contributed by atoms with van der Waals surface area (Å²) in [5.41, 5.74) is 0.194. The van der Waals surface area contributed by atoms with E-state index in [1.807, 2.05) is 20.8 Å². The van der Waals surface area contributed by atoms with E-state index in [1.165, 1.54) is 7.11 Å². The van der Waals surface area contributed by atoms with Crippen molar-refractivity contribution in [3.8, 4) is 5.75 Å².